The zero-order chi connectivity index (χ0) is 17.8. The number of halogens is 1. The fourth-order valence-electron chi connectivity index (χ4n) is 4.71. The van der Waals surface area contributed by atoms with Crippen molar-refractivity contribution in [3.8, 4) is 0 Å². The average molecular weight is 359 g/mol. The van der Waals surface area contributed by atoms with Crippen LogP contribution in [0.15, 0.2) is 34.9 Å². The molecule has 2 aliphatic rings. The van der Waals surface area contributed by atoms with E-state index in [0.29, 0.717) is 23.9 Å². The van der Waals surface area contributed by atoms with Gasteiger partial charge in [0, 0.05) is 34.5 Å². The highest BCUT2D eigenvalue weighted by Gasteiger charge is 2.48. The Morgan fingerprint density at radius 1 is 1.16 bits per heavy atom. The number of rotatable bonds is 2. The summed E-state index contributed by atoms with van der Waals surface area (Å²) in [5.74, 6) is 1.86. The topological polar surface area (TPSA) is 29.3 Å². The fourth-order valence-corrected chi connectivity index (χ4v) is 4.83. The standard InChI is InChI=1S/C21H27ClN2O/c1-21(2,3)19-12-18(25-23-19)20-16(13-5-7-14(22)8-6-13)11-15-9-10-17(20)24(15)4/h5-8,12,15-17,20H,9-11H2,1-4H3. The van der Waals surface area contributed by atoms with Gasteiger partial charge in [-0.1, -0.05) is 49.7 Å². The van der Waals surface area contributed by atoms with Gasteiger partial charge < -0.3 is 4.52 Å². The Balaban J connectivity index is 1.74. The molecule has 2 saturated heterocycles. The van der Waals surface area contributed by atoms with Gasteiger partial charge in [-0.2, -0.15) is 0 Å². The predicted octanol–water partition coefficient (Wildman–Crippen LogP) is 5.36. The quantitative estimate of drug-likeness (QED) is 0.723. The van der Waals surface area contributed by atoms with E-state index in [1.807, 2.05) is 12.1 Å². The summed E-state index contributed by atoms with van der Waals surface area (Å²) in [6, 6.07) is 11.8. The summed E-state index contributed by atoms with van der Waals surface area (Å²) < 4.78 is 5.90. The maximum absolute atomic E-state index is 6.11. The van der Waals surface area contributed by atoms with E-state index in [0.717, 1.165) is 16.5 Å². The van der Waals surface area contributed by atoms with Crippen LogP contribution in [0.1, 0.15) is 68.9 Å². The third-order valence-electron chi connectivity index (χ3n) is 6.19. The Kier molecular flexibility index (Phi) is 4.20. The SMILES string of the molecule is CN1C2CCC1C(c1cc(C(C)(C)C)no1)C(c1ccc(Cl)cc1)C2. The van der Waals surface area contributed by atoms with Gasteiger partial charge in [-0.15, -0.1) is 0 Å². The first kappa shape index (κ1) is 17.1. The number of likely N-dealkylation sites (N-methyl/N-ethyl adjacent to an activating group) is 1. The van der Waals surface area contributed by atoms with Crippen molar-refractivity contribution < 1.29 is 4.52 Å². The van der Waals surface area contributed by atoms with Gasteiger partial charge in [0.2, 0.25) is 0 Å². The van der Waals surface area contributed by atoms with Crippen molar-refractivity contribution in [2.45, 2.75) is 69.4 Å². The van der Waals surface area contributed by atoms with Crippen molar-refractivity contribution in [2.75, 3.05) is 7.05 Å². The second-order valence-corrected chi connectivity index (χ2v) is 9.18. The summed E-state index contributed by atoms with van der Waals surface area (Å²) in [4.78, 5) is 2.57. The number of aromatic nitrogens is 1. The van der Waals surface area contributed by atoms with Crippen LogP contribution >= 0.6 is 11.6 Å². The van der Waals surface area contributed by atoms with Gasteiger partial charge >= 0.3 is 0 Å². The third kappa shape index (κ3) is 3.02. The van der Waals surface area contributed by atoms with Gasteiger partial charge in [0.15, 0.2) is 0 Å². The average Bonchev–Trinajstić information content (AvgIpc) is 3.12. The van der Waals surface area contributed by atoms with Crippen molar-refractivity contribution in [2.24, 2.45) is 0 Å². The molecule has 4 atom stereocenters. The first-order valence-corrected chi connectivity index (χ1v) is 9.67. The lowest BCUT2D eigenvalue weighted by Crippen LogP contribution is -2.44. The van der Waals surface area contributed by atoms with Gasteiger partial charge in [0.05, 0.1) is 5.69 Å². The molecule has 3 nitrogen and oxygen atoms in total. The van der Waals surface area contributed by atoms with Gasteiger partial charge in [-0.3, -0.25) is 4.90 Å². The molecule has 0 amide bonds. The minimum absolute atomic E-state index is 0.0102. The van der Waals surface area contributed by atoms with Crippen LogP contribution in [0.25, 0.3) is 0 Å². The normalized spacial score (nSPS) is 30.0. The van der Waals surface area contributed by atoms with E-state index in [-0.39, 0.29) is 5.41 Å². The molecule has 4 heteroatoms. The molecule has 0 N–H and O–H groups in total. The van der Waals surface area contributed by atoms with Crippen LogP contribution in [0.3, 0.4) is 0 Å². The Hall–Kier alpha value is -1.32. The van der Waals surface area contributed by atoms with E-state index in [9.17, 15) is 0 Å². The second kappa shape index (κ2) is 6.14. The molecule has 0 saturated carbocycles. The van der Waals surface area contributed by atoms with Crippen LogP contribution in [0.5, 0.6) is 0 Å². The van der Waals surface area contributed by atoms with E-state index >= 15 is 0 Å². The molecule has 0 spiro atoms. The largest absolute Gasteiger partial charge is 0.361 e. The van der Waals surface area contributed by atoms with Crippen LogP contribution in [-0.4, -0.2) is 29.2 Å². The molecular formula is C21H27ClN2O. The van der Waals surface area contributed by atoms with Crippen molar-refractivity contribution >= 4 is 11.6 Å². The summed E-state index contributed by atoms with van der Waals surface area (Å²) >= 11 is 6.11. The minimum Gasteiger partial charge on any atom is -0.361 e. The van der Waals surface area contributed by atoms with Crippen LogP contribution in [0.2, 0.25) is 5.02 Å². The summed E-state index contributed by atoms with van der Waals surface area (Å²) in [6.07, 6.45) is 3.69. The van der Waals surface area contributed by atoms with E-state index in [4.69, 9.17) is 16.1 Å². The fraction of sp³-hybridized carbons (Fsp3) is 0.571. The third-order valence-corrected chi connectivity index (χ3v) is 6.44. The van der Waals surface area contributed by atoms with Crippen LogP contribution in [-0.2, 0) is 5.41 Å². The van der Waals surface area contributed by atoms with Gasteiger partial charge in [0.25, 0.3) is 0 Å². The summed E-state index contributed by atoms with van der Waals surface area (Å²) in [5.41, 5.74) is 2.42. The summed E-state index contributed by atoms with van der Waals surface area (Å²) in [6.45, 7) is 6.55. The molecule has 1 aromatic heterocycles. The summed E-state index contributed by atoms with van der Waals surface area (Å²) in [7, 11) is 2.27. The van der Waals surface area contributed by atoms with Crippen molar-refractivity contribution in [3.05, 3.63) is 52.4 Å². The highest BCUT2D eigenvalue weighted by molar-refractivity contribution is 6.30. The van der Waals surface area contributed by atoms with Gasteiger partial charge in [-0.25, -0.2) is 0 Å². The molecule has 0 radical (unpaired) electrons. The first-order chi connectivity index (χ1) is 11.8. The molecule has 1 aromatic carbocycles. The first-order valence-electron chi connectivity index (χ1n) is 9.29. The molecule has 4 rings (SSSR count). The zero-order valence-electron chi connectivity index (χ0n) is 15.5. The van der Waals surface area contributed by atoms with Crippen LogP contribution in [0, 0.1) is 0 Å². The van der Waals surface area contributed by atoms with Crippen LogP contribution in [0.4, 0.5) is 0 Å². The Morgan fingerprint density at radius 2 is 1.88 bits per heavy atom. The molecule has 25 heavy (non-hydrogen) atoms. The number of fused-ring (bicyclic) bond motifs is 2. The highest BCUT2D eigenvalue weighted by atomic mass is 35.5. The number of piperidine rings is 1. The number of nitrogens with zero attached hydrogens (tertiary/aromatic N) is 2. The molecular weight excluding hydrogens is 332 g/mol. The number of benzene rings is 1. The van der Waals surface area contributed by atoms with Gasteiger partial charge in [-0.05, 0) is 49.9 Å². The summed E-state index contributed by atoms with van der Waals surface area (Å²) in [5, 5.41) is 5.19. The van der Waals surface area contributed by atoms with E-state index < -0.39 is 0 Å². The lowest BCUT2D eigenvalue weighted by molar-refractivity contribution is 0.122. The molecule has 0 aliphatic carbocycles. The van der Waals surface area contributed by atoms with Crippen molar-refractivity contribution in [1.29, 1.82) is 0 Å². The molecule has 134 valence electrons. The van der Waals surface area contributed by atoms with E-state index in [1.165, 1.54) is 24.8 Å². The number of hydrogen-bond donors (Lipinski definition) is 0. The molecule has 2 bridgehead atoms. The lowest BCUT2D eigenvalue weighted by atomic mass is 9.74. The van der Waals surface area contributed by atoms with Crippen molar-refractivity contribution in [3.63, 3.8) is 0 Å². The predicted molar refractivity (Wildman–Crippen MR) is 101 cm³/mol. The lowest BCUT2D eigenvalue weighted by Gasteiger charge is -2.42. The molecule has 2 aliphatic heterocycles. The second-order valence-electron chi connectivity index (χ2n) is 8.75. The van der Waals surface area contributed by atoms with Gasteiger partial charge in [0.1, 0.15) is 5.76 Å². The highest BCUT2D eigenvalue weighted by Crippen LogP contribution is 2.51. The Labute approximate surface area is 155 Å². The van der Waals surface area contributed by atoms with E-state index in [1.54, 1.807) is 0 Å². The molecule has 3 heterocycles. The maximum Gasteiger partial charge on any atom is 0.142 e. The monoisotopic (exact) mass is 358 g/mol. The smallest absolute Gasteiger partial charge is 0.142 e. The minimum atomic E-state index is 0.0102. The number of hydrogen-bond acceptors (Lipinski definition) is 3. The maximum atomic E-state index is 6.11. The van der Waals surface area contributed by atoms with Crippen molar-refractivity contribution in [1.82, 2.24) is 10.1 Å². The molecule has 2 aromatic rings. The van der Waals surface area contributed by atoms with Crippen LogP contribution < -0.4 is 0 Å². The Bertz CT molecular complexity index is 746. The molecule has 4 unspecified atom stereocenters. The van der Waals surface area contributed by atoms with E-state index in [2.05, 4.69) is 56.1 Å². The zero-order valence-corrected chi connectivity index (χ0v) is 16.3. The molecule has 2 fully saturated rings. The Morgan fingerprint density at radius 3 is 2.52 bits per heavy atom.